The largest absolute Gasteiger partial charge is 0.338 e. The van der Waals surface area contributed by atoms with Crippen molar-refractivity contribution >= 4 is 17.2 Å². The summed E-state index contributed by atoms with van der Waals surface area (Å²) in [6.07, 6.45) is 2.41. The number of nitrogens with zero attached hydrogens (tertiary/aromatic N) is 3. The second kappa shape index (κ2) is 9.22. The van der Waals surface area contributed by atoms with Crippen molar-refractivity contribution in [1.29, 1.82) is 0 Å². The number of carbonyl (C=O) groups excluding carboxylic acids is 1. The fourth-order valence-electron chi connectivity index (χ4n) is 3.37. The van der Waals surface area contributed by atoms with Gasteiger partial charge in [-0.3, -0.25) is 0 Å². The van der Waals surface area contributed by atoms with Crippen molar-refractivity contribution in [3.8, 4) is 0 Å². The molecule has 0 aliphatic rings. The molecule has 4 aromatic rings. The first-order chi connectivity index (χ1) is 14.7. The molecule has 2 N–H and O–H groups in total. The van der Waals surface area contributed by atoms with Gasteiger partial charge in [0.15, 0.2) is 5.65 Å². The lowest BCUT2D eigenvalue weighted by Crippen LogP contribution is -2.36. The third-order valence-corrected chi connectivity index (χ3v) is 4.97. The Morgan fingerprint density at radius 2 is 1.73 bits per heavy atom. The smallest absolute Gasteiger partial charge is 0.315 e. The Morgan fingerprint density at radius 3 is 2.53 bits per heavy atom. The number of rotatable bonds is 7. The average molecular weight is 399 g/mol. The maximum absolute atomic E-state index is 12.2. The third kappa shape index (κ3) is 4.84. The zero-order chi connectivity index (χ0) is 20.8. The van der Waals surface area contributed by atoms with Gasteiger partial charge >= 0.3 is 6.03 Å². The quantitative estimate of drug-likeness (QED) is 0.496. The van der Waals surface area contributed by atoms with Crippen LogP contribution >= 0.6 is 0 Å². The van der Waals surface area contributed by atoms with Crippen LogP contribution in [0.3, 0.4) is 0 Å². The van der Waals surface area contributed by atoms with Gasteiger partial charge in [-0.2, -0.15) is 0 Å². The van der Waals surface area contributed by atoms with E-state index in [0.29, 0.717) is 26.1 Å². The molecule has 2 amide bonds. The Labute approximate surface area is 176 Å². The van der Waals surface area contributed by atoms with Crippen molar-refractivity contribution in [3.05, 3.63) is 95.4 Å². The predicted molar refractivity (Wildman–Crippen MR) is 118 cm³/mol. The molecule has 6 heteroatoms. The van der Waals surface area contributed by atoms with Gasteiger partial charge in [0.1, 0.15) is 11.3 Å². The van der Waals surface area contributed by atoms with Crippen LogP contribution in [0.2, 0.25) is 0 Å². The number of benzene rings is 2. The summed E-state index contributed by atoms with van der Waals surface area (Å²) in [6.45, 7) is 3.74. The molecule has 2 aromatic carbocycles. The maximum Gasteiger partial charge on any atom is 0.315 e. The summed E-state index contributed by atoms with van der Waals surface area (Å²) < 4.78 is 2.12. The summed E-state index contributed by atoms with van der Waals surface area (Å²) >= 11 is 0. The average Bonchev–Trinajstić information content (AvgIpc) is 3.11. The van der Waals surface area contributed by atoms with Crippen LogP contribution in [0.25, 0.3) is 11.2 Å². The van der Waals surface area contributed by atoms with Gasteiger partial charge in [0, 0.05) is 25.7 Å². The molecule has 2 heterocycles. The summed E-state index contributed by atoms with van der Waals surface area (Å²) in [6, 6.07) is 22.1. The van der Waals surface area contributed by atoms with E-state index >= 15 is 0 Å². The summed E-state index contributed by atoms with van der Waals surface area (Å²) in [4.78, 5) is 21.4. The van der Waals surface area contributed by atoms with E-state index in [0.717, 1.165) is 22.6 Å². The molecule has 0 saturated carbocycles. The van der Waals surface area contributed by atoms with Gasteiger partial charge in [-0.1, -0.05) is 60.2 Å². The first-order valence-electron chi connectivity index (χ1n) is 10.1. The predicted octanol–water partition coefficient (Wildman–Crippen LogP) is 3.83. The summed E-state index contributed by atoms with van der Waals surface area (Å²) in [5, 5.41) is 5.82. The highest BCUT2D eigenvalue weighted by Crippen LogP contribution is 2.16. The number of fused-ring (bicyclic) bond motifs is 1. The highest BCUT2D eigenvalue weighted by molar-refractivity contribution is 5.74. The molecule has 0 radical (unpaired) electrons. The van der Waals surface area contributed by atoms with Gasteiger partial charge in [-0.05, 0) is 30.2 Å². The minimum Gasteiger partial charge on any atom is -0.338 e. The first-order valence-corrected chi connectivity index (χ1v) is 10.1. The summed E-state index contributed by atoms with van der Waals surface area (Å²) in [5.74, 6) is 0.909. The second-order valence-corrected chi connectivity index (χ2v) is 7.29. The van der Waals surface area contributed by atoms with E-state index in [1.165, 1.54) is 11.1 Å². The van der Waals surface area contributed by atoms with Gasteiger partial charge < -0.3 is 15.2 Å². The molecule has 6 nitrogen and oxygen atoms in total. The van der Waals surface area contributed by atoms with E-state index < -0.39 is 0 Å². The van der Waals surface area contributed by atoms with E-state index in [1.54, 1.807) is 6.20 Å². The summed E-state index contributed by atoms with van der Waals surface area (Å²) in [5.41, 5.74) is 5.20. The lowest BCUT2D eigenvalue weighted by atomic mass is 10.1. The molecule has 0 bridgehead atoms. The lowest BCUT2D eigenvalue weighted by molar-refractivity contribution is 0.240. The monoisotopic (exact) mass is 399 g/mol. The van der Waals surface area contributed by atoms with Crippen molar-refractivity contribution in [2.45, 2.75) is 26.4 Å². The molecule has 30 heavy (non-hydrogen) atoms. The Kier molecular flexibility index (Phi) is 6.03. The number of nitrogens with one attached hydrogen (secondary N) is 2. The van der Waals surface area contributed by atoms with Gasteiger partial charge in [-0.15, -0.1) is 0 Å². The number of amides is 2. The molecule has 0 fully saturated rings. The van der Waals surface area contributed by atoms with E-state index in [9.17, 15) is 4.79 Å². The molecule has 0 aliphatic carbocycles. The van der Waals surface area contributed by atoms with Crippen molar-refractivity contribution in [2.75, 3.05) is 6.54 Å². The summed E-state index contributed by atoms with van der Waals surface area (Å²) in [7, 11) is 0. The van der Waals surface area contributed by atoms with Crippen molar-refractivity contribution in [2.24, 2.45) is 0 Å². The molecule has 0 aliphatic heterocycles. The van der Waals surface area contributed by atoms with Gasteiger partial charge in [0.05, 0.1) is 6.54 Å². The minimum absolute atomic E-state index is 0.181. The number of hydrogen-bond acceptors (Lipinski definition) is 3. The van der Waals surface area contributed by atoms with Crippen LogP contribution in [0, 0.1) is 6.92 Å². The number of imidazole rings is 1. The maximum atomic E-state index is 12.2. The van der Waals surface area contributed by atoms with Crippen molar-refractivity contribution in [3.63, 3.8) is 0 Å². The fourth-order valence-corrected chi connectivity index (χ4v) is 3.37. The molecule has 0 atom stereocenters. The number of hydrogen-bond donors (Lipinski definition) is 2. The van der Waals surface area contributed by atoms with Crippen LogP contribution in [-0.2, 0) is 19.5 Å². The van der Waals surface area contributed by atoms with Crippen LogP contribution in [0.4, 0.5) is 4.79 Å². The highest BCUT2D eigenvalue weighted by atomic mass is 16.2. The Hall–Kier alpha value is -3.67. The van der Waals surface area contributed by atoms with Crippen LogP contribution in [0.5, 0.6) is 0 Å². The van der Waals surface area contributed by atoms with Gasteiger partial charge in [0.2, 0.25) is 0 Å². The Balaban J connectivity index is 1.38. The van der Waals surface area contributed by atoms with Crippen LogP contribution in [-0.4, -0.2) is 27.1 Å². The zero-order valence-corrected chi connectivity index (χ0v) is 17.0. The van der Waals surface area contributed by atoms with Crippen molar-refractivity contribution < 1.29 is 4.79 Å². The van der Waals surface area contributed by atoms with E-state index in [4.69, 9.17) is 4.98 Å². The molecule has 4 rings (SSSR count). The molecule has 0 spiro atoms. The number of urea groups is 1. The van der Waals surface area contributed by atoms with Crippen LogP contribution < -0.4 is 10.6 Å². The number of pyridine rings is 1. The molecule has 2 aromatic heterocycles. The highest BCUT2D eigenvalue weighted by Gasteiger charge is 2.12. The zero-order valence-electron chi connectivity index (χ0n) is 17.0. The second-order valence-electron chi connectivity index (χ2n) is 7.29. The standard InChI is InChI=1S/C24H25N5O/c1-18-9-11-19(12-10-18)16-27-24(30)26-15-13-22-28-21-8-5-14-25-23(21)29(22)17-20-6-3-2-4-7-20/h2-12,14H,13,15-17H2,1H3,(H2,26,27,30). The SMILES string of the molecule is Cc1ccc(CNC(=O)NCCc2nc3cccnc3n2Cc2ccccc2)cc1. The fraction of sp³-hybridized carbons (Fsp3) is 0.208. The first kappa shape index (κ1) is 19.6. The molecule has 0 saturated heterocycles. The van der Waals surface area contributed by atoms with E-state index in [1.807, 2.05) is 61.5 Å². The van der Waals surface area contributed by atoms with Crippen molar-refractivity contribution in [1.82, 2.24) is 25.2 Å². The number of aryl methyl sites for hydroxylation is 1. The number of carbonyl (C=O) groups is 1. The van der Waals surface area contributed by atoms with Gasteiger partial charge in [0.25, 0.3) is 0 Å². The van der Waals surface area contributed by atoms with E-state index in [2.05, 4.69) is 32.3 Å². The number of aromatic nitrogens is 3. The van der Waals surface area contributed by atoms with Crippen LogP contribution in [0.15, 0.2) is 72.9 Å². The Bertz CT molecular complexity index is 1120. The minimum atomic E-state index is -0.181. The molecular weight excluding hydrogens is 374 g/mol. The molecule has 152 valence electrons. The lowest BCUT2D eigenvalue weighted by Gasteiger charge is -2.10. The topological polar surface area (TPSA) is 71.8 Å². The third-order valence-electron chi connectivity index (χ3n) is 4.97. The molecule has 0 unspecified atom stereocenters. The Morgan fingerprint density at radius 1 is 0.933 bits per heavy atom. The van der Waals surface area contributed by atoms with Gasteiger partial charge in [-0.25, -0.2) is 14.8 Å². The molecular formula is C24H25N5O. The van der Waals surface area contributed by atoms with Crippen LogP contribution in [0.1, 0.15) is 22.5 Å². The van der Waals surface area contributed by atoms with E-state index in [-0.39, 0.29) is 6.03 Å². The normalized spacial score (nSPS) is 10.8.